The predicted octanol–water partition coefficient (Wildman–Crippen LogP) is 3.35. The van der Waals surface area contributed by atoms with Gasteiger partial charge in [0.25, 0.3) is 5.91 Å². The second-order valence-corrected chi connectivity index (χ2v) is 7.76. The molecule has 1 fully saturated rings. The molecule has 1 aliphatic rings. The second kappa shape index (κ2) is 7.69. The summed E-state index contributed by atoms with van der Waals surface area (Å²) in [4.78, 5) is 20.5. The van der Waals surface area contributed by atoms with Gasteiger partial charge in [-0.1, -0.05) is 18.9 Å². The van der Waals surface area contributed by atoms with Gasteiger partial charge in [0.05, 0.1) is 27.0 Å². The highest BCUT2D eigenvalue weighted by Gasteiger charge is 2.24. The number of rotatable bonds is 5. The number of nitrogens with one attached hydrogen (secondary N) is 2. The topological polar surface area (TPSA) is 119 Å². The van der Waals surface area contributed by atoms with Crippen molar-refractivity contribution >= 4 is 44.8 Å². The highest BCUT2D eigenvalue weighted by Crippen LogP contribution is 2.31. The van der Waals surface area contributed by atoms with Gasteiger partial charge in [0.2, 0.25) is 0 Å². The van der Waals surface area contributed by atoms with Crippen molar-refractivity contribution in [2.75, 3.05) is 10.6 Å². The summed E-state index contributed by atoms with van der Waals surface area (Å²) < 4.78 is 15.5. The number of nitrogens with two attached hydrogens (primary N) is 2. The molecule has 1 aliphatic carbocycles. The van der Waals surface area contributed by atoms with Crippen molar-refractivity contribution in [3.05, 3.63) is 41.2 Å². The fourth-order valence-electron chi connectivity index (χ4n) is 3.50. The van der Waals surface area contributed by atoms with E-state index in [1.807, 2.05) is 18.2 Å². The molecule has 146 valence electrons. The molecule has 0 radical (unpaired) electrons. The third kappa shape index (κ3) is 3.63. The lowest BCUT2D eigenvalue weighted by Gasteiger charge is -2.30. The summed E-state index contributed by atoms with van der Waals surface area (Å²) in [5.74, 6) is -1.13. The molecule has 3 aromatic rings. The minimum atomic E-state index is -0.758. The highest BCUT2D eigenvalue weighted by molar-refractivity contribution is 7.17. The Balaban J connectivity index is 1.70. The van der Waals surface area contributed by atoms with E-state index in [9.17, 15) is 9.18 Å². The number of benzene rings is 1. The predicted molar refractivity (Wildman–Crippen MR) is 109 cm³/mol. The molecule has 6 N–H and O–H groups in total. The first-order valence-electron chi connectivity index (χ1n) is 9.14. The Hall–Kier alpha value is -2.78. The van der Waals surface area contributed by atoms with Gasteiger partial charge in [0, 0.05) is 12.1 Å². The van der Waals surface area contributed by atoms with Crippen molar-refractivity contribution in [1.82, 2.24) is 9.97 Å². The molecule has 1 unspecified atom stereocenters. The third-order valence-corrected chi connectivity index (χ3v) is 5.87. The average molecular weight is 400 g/mol. The molecule has 0 spiro atoms. The Morgan fingerprint density at radius 2 is 2.07 bits per heavy atom. The Morgan fingerprint density at radius 1 is 1.25 bits per heavy atom. The van der Waals surface area contributed by atoms with E-state index in [1.54, 1.807) is 5.51 Å². The van der Waals surface area contributed by atoms with E-state index in [0.717, 1.165) is 47.7 Å². The largest absolute Gasteiger partial charge is 0.365 e. The van der Waals surface area contributed by atoms with Crippen LogP contribution in [-0.4, -0.2) is 28.0 Å². The molecule has 0 bridgehead atoms. The normalized spacial score (nSPS) is 19.5. The Labute approximate surface area is 165 Å². The van der Waals surface area contributed by atoms with Gasteiger partial charge < -0.3 is 22.1 Å². The molecule has 1 amide bonds. The number of nitrogens with zero attached hydrogens (tertiary/aromatic N) is 2. The molecule has 7 nitrogen and oxygen atoms in total. The Bertz CT molecular complexity index is 1020. The first kappa shape index (κ1) is 18.6. The van der Waals surface area contributed by atoms with Gasteiger partial charge in [0.1, 0.15) is 5.82 Å². The van der Waals surface area contributed by atoms with Gasteiger partial charge in [-0.25, -0.2) is 14.4 Å². The average Bonchev–Trinajstić information content (AvgIpc) is 3.15. The number of anilines is 3. The van der Waals surface area contributed by atoms with Crippen molar-refractivity contribution in [1.29, 1.82) is 0 Å². The maximum Gasteiger partial charge on any atom is 0.252 e. The van der Waals surface area contributed by atoms with Crippen LogP contribution in [0.5, 0.6) is 0 Å². The number of hydrogen-bond acceptors (Lipinski definition) is 7. The van der Waals surface area contributed by atoms with Crippen LogP contribution in [0.3, 0.4) is 0 Å². The van der Waals surface area contributed by atoms with Crippen molar-refractivity contribution in [2.24, 2.45) is 11.5 Å². The zero-order valence-electron chi connectivity index (χ0n) is 15.1. The molecular weight excluding hydrogens is 379 g/mol. The number of hydrogen-bond donors (Lipinski definition) is 4. The number of fused-ring (bicyclic) bond motifs is 1. The van der Waals surface area contributed by atoms with E-state index in [1.165, 1.54) is 11.3 Å². The molecule has 0 aliphatic heterocycles. The summed E-state index contributed by atoms with van der Waals surface area (Å²) in [5, 5.41) is 6.23. The number of carbonyl (C=O) groups is 1. The molecule has 1 saturated carbocycles. The first-order valence-corrected chi connectivity index (χ1v) is 10.0. The highest BCUT2D eigenvalue weighted by atomic mass is 32.1. The van der Waals surface area contributed by atoms with Gasteiger partial charge in [-0.05, 0) is 31.0 Å². The molecule has 28 heavy (non-hydrogen) atoms. The van der Waals surface area contributed by atoms with Gasteiger partial charge in [-0.2, -0.15) is 0 Å². The van der Waals surface area contributed by atoms with Crippen LogP contribution >= 0.6 is 11.3 Å². The zero-order chi connectivity index (χ0) is 19.7. The standard InChI is InChI=1S/C19H21FN6OS/c20-11-8-10(17(22)27)18(25-15-7-3-6-14-16(15)28-9-23-14)26-19(11)24-13-5-2-1-4-12(13)21/h3,6-9,12-13H,1-2,4-5,21H2,(H2,22,27)(H2,24,25,26)/t12-,13?/m0/s1. The van der Waals surface area contributed by atoms with E-state index < -0.39 is 11.7 Å². The van der Waals surface area contributed by atoms with Crippen LogP contribution in [0, 0.1) is 5.82 Å². The van der Waals surface area contributed by atoms with Crippen molar-refractivity contribution < 1.29 is 9.18 Å². The minimum Gasteiger partial charge on any atom is -0.365 e. The van der Waals surface area contributed by atoms with Gasteiger partial charge in [-0.15, -0.1) is 11.3 Å². The molecule has 4 rings (SSSR count). The van der Waals surface area contributed by atoms with Crippen molar-refractivity contribution in [2.45, 2.75) is 37.8 Å². The molecular formula is C19H21FN6OS. The van der Waals surface area contributed by atoms with Crippen LogP contribution < -0.4 is 22.1 Å². The lowest BCUT2D eigenvalue weighted by atomic mass is 9.91. The number of primary amides is 1. The summed E-state index contributed by atoms with van der Waals surface area (Å²) in [6.07, 6.45) is 3.84. The zero-order valence-corrected chi connectivity index (χ0v) is 15.9. The second-order valence-electron chi connectivity index (χ2n) is 6.91. The van der Waals surface area contributed by atoms with E-state index in [4.69, 9.17) is 11.5 Å². The number of carbonyl (C=O) groups excluding carboxylic acids is 1. The molecule has 2 aromatic heterocycles. The molecule has 2 heterocycles. The summed E-state index contributed by atoms with van der Waals surface area (Å²) >= 11 is 1.46. The maximum atomic E-state index is 14.6. The lowest BCUT2D eigenvalue weighted by molar-refractivity contribution is 0.100. The third-order valence-electron chi connectivity index (χ3n) is 4.99. The number of amides is 1. The van der Waals surface area contributed by atoms with E-state index in [0.29, 0.717) is 0 Å². The molecule has 2 atom stereocenters. The lowest BCUT2D eigenvalue weighted by Crippen LogP contribution is -2.43. The summed E-state index contributed by atoms with van der Waals surface area (Å²) in [5.41, 5.74) is 14.9. The molecule has 9 heteroatoms. The van der Waals surface area contributed by atoms with Crippen LogP contribution in [0.4, 0.5) is 21.7 Å². The smallest absolute Gasteiger partial charge is 0.252 e. The van der Waals surface area contributed by atoms with Gasteiger partial charge in [0.15, 0.2) is 11.6 Å². The van der Waals surface area contributed by atoms with Crippen LogP contribution in [0.1, 0.15) is 36.0 Å². The first-order chi connectivity index (χ1) is 13.5. The van der Waals surface area contributed by atoms with Crippen LogP contribution in [0.2, 0.25) is 0 Å². The maximum absolute atomic E-state index is 14.6. The van der Waals surface area contributed by atoms with Gasteiger partial charge >= 0.3 is 0 Å². The van der Waals surface area contributed by atoms with Crippen molar-refractivity contribution in [3.8, 4) is 0 Å². The minimum absolute atomic E-state index is 0.0162. The quantitative estimate of drug-likeness (QED) is 0.521. The van der Waals surface area contributed by atoms with E-state index in [2.05, 4.69) is 20.6 Å². The molecule has 1 aromatic carbocycles. The number of thiazole rings is 1. The van der Waals surface area contributed by atoms with Gasteiger partial charge in [-0.3, -0.25) is 4.79 Å². The monoisotopic (exact) mass is 400 g/mol. The van der Waals surface area contributed by atoms with E-state index in [-0.39, 0.29) is 29.3 Å². The number of halogens is 1. The Kier molecular flexibility index (Phi) is 5.10. The van der Waals surface area contributed by atoms with Crippen LogP contribution in [-0.2, 0) is 0 Å². The summed E-state index contributed by atoms with van der Waals surface area (Å²) in [6, 6.07) is 6.57. The number of pyridine rings is 1. The van der Waals surface area contributed by atoms with Crippen LogP contribution in [0.25, 0.3) is 10.2 Å². The number of aromatic nitrogens is 2. The van der Waals surface area contributed by atoms with Crippen LogP contribution in [0.15, 0.2) is 29.8 Å². The Morgan fingerprint density at radius 3 is 2.86 bits per heavy atom. The fourth-order valence-corrected chi connectivity index (χ4v) is 4.26. The summed E-state index contributed by atoms with van der Waals surface area (Å²) in [6.45, 7) is 0. The van der Waals surface area contributed by atoms with Crippen molar-refractivity contribution in [3.63, 3.8) is 0 Å². The SMILES string of the molecule is NC(=O)c1cc(F)c(NC2CCCC[C@@H]2N)nc1Nc1cccc2ncsc12. The fraction of sp³-hybridized carbons (Fsp3) is 0.316. The molecule has 0 saturated heterocycles. The summed E-state index contributed by atoms with van der Waals surface area (Å²) in [7, 11) is 0. The van der Waals surface area contributed by atoms with E-state index >= 15 is 0 Å².